The zero-order valence-electron chi connectivity index (χ0n) is 18.9. The van der Waals surface area contributed by atoms with Crippen LogP contribution < -0.4 is 10.1 Å². The van der Waals surface area contributed by atoms with E-state index in [-0.39, 0.29) is 16.9 Å². The van der Waals surface area contributed by atoms with Crippen LogP contribution in [-0.4, -0.2) is 13.0 Å². The van der Waals surface area contributed by atoms with E-state index in [0.717, 1.165) is 40.3 Å². The fourth-order valence-corrected chi connectivity index (χ4v) is 6.76. The summed E-state index contributed by atoms with van der Waals surface area (Å²) in [4.78, 5) is 13.0. The lowest BCUT2D eigenvalue weighted by Gasteiger charge is -2.57. The number of carbonyl (C=O) groups excluding carboxylic acids is 1. The van der Waals surface area contributed by atoms with Gasteiger partial charge in [-0.1, -0.05) is 24.3 Å². The largest absolute Gasteiger partial charge is 0.497 e. The van der Waals surface area contributed by atoms with Crippen LogP contribution in [0.2, 0.25) is 0 Å². The molecule has 0 radical (unpaired) electrons. The van der Waals surface area contributed by atoms with Gasteiger partial charge in [-0.05, 0) is 110 Å². The van der Waals surface area contributed by atoms with Crippen molar-refractivity contribution in [2.24, 2.45) is 17.8 Å². The van der Waals surface area contributed by atoms with Gasteiger partial charge >= 0.3 is 0 Å². The third-order valence-electron chi connectivity index (χ3n) is 7.93. The first-order chi connectivity index (χ1) is 15.5. The van der Waals surface area contributed by atoms with E-state index in [1.165, 1.54) is 44.1 Å². The van der Waals surface area contributed by atoms with Crippen LogP contribution in [0.4, 0.5) is 5.69 Å². The first-order valence-corrected chi connectivity index (χ1v) is 11.7. The summed E-state index contributed by atoms with van der Waals surface area (Å²) in [6.45, 7) is 2.01. The summed E-state index contributed by atoms with van der Waals surface area (Å²) in [5, 5.41) is 12.6. The van der Waals surface area contributed by atoms with Crippen LogP contribution in [0.25, 0.3) is 6.08 Å². The predicted molar refractivity (Wildman–Crippen MR) is 126 cm³/mol. The highest BCUT2D eigenvalue weighted by Crippen LogP contribution is 2.60. The molecule has 0 aromatic heterocycles. The molecule has 2 aromatic rings. The van der Waals surface area contributed by atoms with E-state index in [4.69, 9.17) is 4.74 Å². The topological polar surface area (TPSA) is 62.1 Å². The number of aryl methyl sites for hydroxylation is 1. The van der Waals surface area contributed by atoms with Crippen molar-refractivity contribution < 1.29 is 9.53 Å². The normalized spacial score (nSPS) is 28.3. The molecule has 0 unspecified atom stereocenters. The molecule has 4 aliphatic rings. The molecule has 0 atom stereocenters. The van der Waals surface area contributed by atoms with Crippen molar-refractivity contribution in [1.29, 1.82) is 5.26 Å². The van der Waals surface area contributed by atoms with Crippen LogP contribution in [0.1, 0.15) is 55.2 Å². The van der Waals surface area contributed by atoms with Crippen molar-refractivity contribution in [3.05, 3.63) is 64.7 Å². The molecule has 164 valence electrons. The second-order valence-electron chi connectivity index (χ2n) is 10.1. The van der Waals surface area contributed by atoms with Gasteiger partial charge in [0.25, 0.3) is 5.91 Å². The van der Waals surface area contributed by atoms with Gasteiger partial charge in [-0.15, -0.1) is 0 Å². The summed E-state index contributed by atoms with van der Waals surface area (Å²) in [7, 11) is 1.61. The third kappa shape index (κ3) is 3.81. The van der Waals surface area contributed by atoms with Crippen LogP contribution in [0, 0.1) is 36.0 Å². The van der Waals surface area contributed by atoms with Gasteiger partial charge in [0.1, 0.15) is 17.4 Å². The lowest BCUT2D eigenvalue weighted by atomic mass is 9.48. The van der Waals surface area contributed by atoms with Crippen molar-refractivity contribution in [3.63, 3.8) is 0 Å². The Morgan fingerprint density at radius 1 is 1.06 bits per heavy atom. The van der Waals surface area contributed by atoms with Gasteiger partial charge in [0.2, 0.25) is 0 Å². The molecule has 4 nitrogen and oxygen atoms in total. The maximum Gasteiger partial charge on any atom is 0.266 e. The average Bonchev–Trinajstić information content (AvgIpc) is 2.78. The molecule has 0 saturated heterocycles. The van der Waals surface area contributed by atoms with Gasteiger partial charge in [0, 0.05) is 5.69 Å². The van der Waals surface area contributed by atoms with Crippen LogP contribution in [0.3, 0.4) is 0 Å². The number of amides is 1. The minimum atomic E-state index is -0.367. The molecule has 0 aliphatic heterocycles. The fourth-order valence-electron chi connectivity index (χ4n) is 6.76. The highest BCUT2D eigenvalue weighted by atomic mass is 16.5. The van der Waals surface area contributed by atoms with Gasteiger partial charge in [-0.2, -0.15) is 5.26 Å². The Hall–Kier alpha value is -3.06. The second kappa shape index (κ2) is 8.13. The Bertz CT molecular complexity index is 1070. The second-order valence-corrected chi connectivity index (χ2v) is 10.1. The standard InChI is InChI=1S/C28H30N2O2/c1-18-3-6-24(28-14-20-9-21(15-28)11-22(10-20)16-28)13-26(18)30-27(31)23(17-29)12-19-4-7-25(32-2)8-5-19/h3-8,12-13,20-22H,9-11,14-16H2,1-2H3,(H,30,31)/b23-12+. The average molecular weight is 427 g/mol. The summed E-state index contributed by atoms with van der Waals surface area (Å²) in [5.41, 5.74) is 4.37. The molecule has 4 fully saturated rings. The molecule has 2 aromatic carbocycles. The van der Waals surface area contributed by atoms with E-state index in [0.29, 0.717) is 0 Å². The highest BCUT2D eigenvalue weighted by molar-refractivity contribution is 6.10. The molecule has 6 rings (SSSR count). The molecule has 0 spiro atoms. The maximum absolute atomic E-state index is 13.0. The molecule has 4 aliphatic carbocycles. The van der Waals surface area contributed by atoms with Crippen molar-refractivity contribution in [3.8, 4) is 11.8 Å². The number of nitrogens with zero attached hydrogens (tertiary/aromatic N) is 1. The highest BCUT2D eigenvalue weighted by Gasteiger charge is 2.51. The Morgan fingerprint density at radius 3 is 2.25 bits per heavy atom. The fraction of sp³-hybridized carbons (Fsp3) is 0.429. The molecule has 4 saturated carbocycles. The number of methoxy groups -OCH3 is 1. The number of ether oxygens (including phenoxy) is 1. The Labute approximate surface area is 190 Å². The van der Waals surface area contributed by atoms with Crippen molar-refractivity contribution in [1.82, 2.24) is 0 Å². The Kier molecular flexibility index (Phi) is 5.29. The number of benzene rings is 2. The lowest BCUT2D eigenvalue weighted by Crippen LogP contribution is -2.48. The van der Waals surface area contributed by atoms with Crippen molar-refractivity contribution >= 4 is 17.7 Å². The Morgan fingerprint density at radius 2 is 1.69 bits per heavy atom. The molecule has 1 N–H and O–H groups in total. The molecule has 32 heavy (non-hydrogen) atoms. The predicted octanol–water partition coefficient (Wildman–Crippen LogP) is 6.02. The summed E-state index contributed by atoms with van der Waals surface area (Å²) in [6.07, 6.45) is 9.72. The number of hydrogen-bond acceptors (Lipinski definition) is 3. The molecule has 1 amide bonds. The van der Waals surface area contributed by atoms with Gasteiger partial charge in [0.05, 0.1) is 7.11 Å². The van der Waals surface area contributed by atoms with E-state index in [1.54, 1.807) is 13.2 Å². The zero-order valence-corrected chi connectivity index (χ0v) is 18.9. The van der Waals surface area contributed by atoms with Crippen molar-refractivity contribution in [2.45, 2.75) is 50.9 Å². The van der Waals surface area contributed by atoms with E-state index in [2.05, 4.69) is 29.6 Å². The number of rotatable bonds is 5. The molecule has 4 heteroatoms. The van der Waals surface area contributed by atoms with E-state index in [9.17, 15) is 10.1 Å². The number of anilines is 1. The summed E-state index contributed by atoms with van der Waals surface area (Å²) >= 11 is 0. The Balaban J connectivity index is 1.38. The maximum atomic E-state index is 13.0. The van der Waals surface area contributed by atoms with Gasteiger partial charge in [-0.25, -0.2) is 0 Å². The van der Waals surface area contributed by atoms with Gasteiger partial charge < -0.3 is 10.1 Å². The number of hydrogen-bond donors (Lipinski definition) is 1. The number of nitrogens with one attached hydrogen (secondary N) is 1. The lowest BCUT2D eigenvalue weighted by molar-refractivity contribution is -0.112. The van der Waals surface area contributed by atoms with Crippen LogP contribution in [-0.2, 0) is 10.2 Å². The summed E-state index contributed by atoms with van der Waals surface area (Å²) < 4.78 is 5.17. The van der Waals surface area contributed by atoms with E-state index < -0.39 is 0 Å². The van der Waals surface area contributed by atoms with E-state index in [1.807, 2.05) is 31.2 Å². The minimum absolute atomic E-state index is 0.0924. The third-order valence-corrected chi connectivity index (χ3v) is 7.93. The first-order valence-electron chi connectivity index (χ1n) is 11.7. The van der Waals surface area contributed by atoms with Crippen LogP contribution in [0.15, 0.2) is 48.0 Å². The van der Waals surface area contributed by atoms with Crippen LogP contribution >= 0.6 is 0 Å². The minimum Gasteiger partial charge on any atom is -0.497 e. The quantitative estimate of drug-likeness (QED) is 0.470. The van der Waals surface area contributed by atoms with Gasteiger partial charge in [-0.3, -0.25) is 4.79 Å². The van der Waals surface area contributed by atoms with Gasteiger partial charge in [0.15, 0.2) is 0 Å². The van der Waals surface area contributed by atoms with E-state index >= 15 is 0 Å². The molecular weight excluding hydrogens is 396 g/mol. The zero-order chi connectivity index (χ0) is 22.3. The molecule has 0 heterocycles. The monoisotopic (exact) mass is 426 g/mol. The number of carbonyl (C=O) groups is 1. The molecular formula is C28H30N2O2. The molecule has 4 bridgehead atoms. The van der Waals surface area contributed by atoms with Crippen molar-refractivity contribution in [2.75, 3.05) is 12.4 Å². The smallest absolute Gasteiger partial charge is 0.266 e. The summed E-state index contributed by atoms with van der Waals surface area (Å²) in [5.74, 6) is 2.99. The SMILES string of the molecule is COc1ccc(/C=C(\C#N)C(=O)Nc2cc(C34CC5CC(CC(C5)C3)C4)ccc2C)cc1. The number of nitriles is 1. The summed E-state index contributed by atoms with van der Waals surface area (Å²) in [6, 6.07) is 16.0. The van der Waals surface area contributed by atoms with Crippen LogP contribution in [0.5, 0.6) is 5.75 Å². The first kappa shape index (κ1) is 20.8.